The zero-order valence-electron chi connectivity index (χ0n) is 34.0. The lowest BCUT2D eigenvalue weighted by atomic mass is 10.0. The summed E-state index contributed by atoms with van der Waals surface area (Å²) in [5.41, 5.74) is 0. The molecule has 1 N–H and O–H groups in total. The van der Waals surface area contributed by atoms with Crippen LogP contribution in [0.15, 0.2) is 24.3 Å². The van der Waals surface area contributed by atoms with Crippen LogP contribution in [0, 0.1) is 0 Å². The Morgan fingerprint density at radius 3 is 1.37 bits per heavy atom. The van der Waals surface area contributed by atoms with Crippen LogP contribution < -0.4 is 0 Å². The van der Waals surface area contributed by atoms with Gasteiger partial charge >= 0.3 is 19.8 Å². The van der Waals surface area contributed by atoms with Crippen molar-refractivity contribution in [2.24, 2.45) is 0 Å². The van der Waals surface area contributed by atoms with Gasteiger partial charge in [-0.15, -0.1) is 0 Å². The Labute approximate surface area is 320 Å². The number of phosphoric ester groups is 1. The molecule has 0 saturated heterocycles. The Bertz CT molecular complexity index is 906. The number of allylic oxidation sites excluding steroid dienone is 4. The molecular weight excluding hydrogens is 675 g/mol. The van der Waals surface area contributed by atoms with Gasteiger partial charge < -0.3 is 14.4 Å². The van der Waals surface area contributed by atoms with Crippen LogP contribution in [0.4, 0.5) is 0 Å². The molecule has 0 aliphatic heterocycles. The van der Waals surface area contributed by atoms with E-state index in [1.807, 2.05) is 0 Å². The molecular formula is C43H81O8P. The molecule has 0 saturated carbocycles. The summed E-state index contributed by atoms with van der Waals surface area (Å²) < 4.78 is 32.0. The first-order valence-electron chi connectivity index (χ1n) is 21.5. The van der Waals surface area contributed by atoms with Crippen LogP contribution in [0.1, 0.15) is 213 Å². The molecule has 0 aromatic carbocycles. The maximum atomic E-state index is 12.5. The van der Waals surface area contributed by atoms with Crippen LogP contribution in [0.5, 0.6) is 0 Å². The van der Waals surface area contributed by atoms with E-state index in [2.05, 4.69) is 42.7 Å². The van der Waals surface area contributed by atoms with Crippen molar-refractivity contribution in [1.82, 2.24) is 0 Å². The lowest BCUT2D eigenvalue weighted by Gasteiger charge is -2.19. The van der Waals surface area contributed by atoms with Crippen LogP contribution in [0.3, 0.4) is 0 Å². The first-order valence-corrected chi connectivity index (χ1v) is 23.0. The molecule has 306 valence electrons. The van der Waals surface area contributed by atoms with E-state index in [1.165, 1.54) is 122 Å². The smallest absolute Gasteiger partial charge is 0.462 e. The van der Waals surface area contributed by atoms with Gasteiger partial charge in [-0.05, 0) is 44.9 Å². The standard InChI is InChI=1S/C43H81O8P/c1-4-6-8-10-12-14-16-18-20-22-24-25-27-29-31-33-35-37-42(44)49-39-41(40-50-52(46,47)48-3)51-43(45)38-36-34-32-30-28-26-23-21-19-17-15-13-11-9-7-5-2/h15,17,21,23,41H,4-14,16,18-20,22,24-40H2,1-3H3,(H,46,47)/b17-15-,23-21-. The first-order chi connectivity index (χ1) is 25.3. The third-order valence-corrected chi connectivity index (χ3v) is 10.4. The van der Waals surface area contributed by atoms with Gasteiger partial charge in [0, 0.05) is 20.0 Å². The summed E-state index contributed by atoms with van der Waals surface area (Å²) in [5.74, 6) is -0.811. The Morgan fingerprint density at radius 1 is 0.538 bits per heavy atom. The van der Waals surface area contributed by atoms with Crippen molar-refractivity contribution in [2.75, 3.05) is 20.3 Å². The number of carbonyl (C=O) groups excluding carboxylic acids is 2. The predicted octanol–water partition coefficient (Wildman–Crippen LogP) is 13.5. The summed E-state index contributed by atoms with van der Waals surface area (Å²) in [6.07, 6.45) is 43.7. The summed E-state index contributed by atoms with van der Waals surface area (Å²) in [4.78, 5) is 34.5. The second-order valence-corrected chi connectivity index (χ2v) is 16.0. The molecule has 2 atom stereocenters. The van der Waals surface area contributed by atoms with Gasteiger partial charge in [0.05, 0.1) is 6.61 Å². The van der Waals surface area contributed by atoms with Crippen LogP contribution in [0.25, 0.3) is 0 Å². The second-order valence-electron chi connectivity index (χ2n) is 14.5. The van der Waals surface area contributed by atoms with Gasteiger partial charge in [-0.3, -0.25) is 18.6 Å². The van der Waals surface area contributed by atoms with E-state index < -0.39 is 26.5 Å². The van der Waals surface area contributed by atoms with E-state index >= 15 is 0 Å². The highest BCUT2D eigenvalue weighted by Gasteiger charge is 2.24. The monoisotopic (exact) mass is 757 g/mol. The number of hydrogen-bond donors (Lipinski definition) is 1. The van der Waals surface area contributed by atoms with Crippen LogP contribution in [-0.2, 0) is 32.7 Å². The molecule has 0 heterocycles. The van der Waals surface area contributed by atoms with E-state index in [9.17, 15) is 19.0 Å². The molecule has 0 aromatic heterocycles. The van der Waals surface area contributed by atoms with Gasteiger partial charge in [0.1, 0.15) is 6.61 Å². The maximum absolute atomic E-state index is 12.5. The Hall–Kier alpha value is -1.47. The number of esters is 2. The lowest BCUT2D eigenvalue weighted by molar-refractivity contribution is -0.161. The summed E-state index contributed by atoms with van der Waals surface area (Å²) >= 11 is 0. The number of rotatable bonds is 40. The molecule has 0 radical (unpaired) electrons. The lowest BCUT2D eigenvalue weighted by Crippen LogP contribution is -2.29. The quantitative estimate of drug-likeness (QED) is 0.0285. The van der Waals surface area contributed by atoms with E-state index in [-0.39, 0.29) is 19.0 Å². The van der Waals surface area contributed by atoms with Gasteiger partial charge in [-0.1, -0.05) is 179 Å². The molecule has 0 amide bonds. The number of hydrogen-bond acceptors (Lipinski definition) is 7. The van der Waals surface area contributed by atoms with Gasteiger partial charge in [0.25, 0.3) is 0 Å². The normalized spacial score (nSPS) is 13.5. The Morgan fingerprint density at radius 2 is 0.923 bits per heavy atom. The molecule has 2 unspecified atom stereocenters. The average Bonchev–Trinajstić information content (AvgIpc) is 3.13. The second kappa shape index (κ2) is 39.2. The minimum atomic E-state index is -4.26. The van der Waals surface area contributed by atoms with Gasteiger partial charge in [-0.25, -0.2) is 4.57 Å². The van der Waals surface area contributed by atoms with Crippen molar-refractivity contribution in [3.05, 3.63) is 24.3 Å². The molecule has 0 rings (SSSR count). The number of ether oxygens (including phenoxy) is 2. The van der Waals surface area contributed by atoms with Gasteiger partial charge in [-0.2, -0.15) is 0 Å². The summed E-state index contributed by atoms with van der Waals surface area (Å²) in [6.45, 7) is 3.88. The highest BCUT2D eigenvalue weighted by molar-refractivity contribution is 7.47. The van der Waals surface area contributed by atoms with Gasteiger partial charge in [0.15, 0.2) is 6.10 Å². The molecule has 0 aliphatic rings. The minimum absolute atomic E-state index is 0.227. The molecule has 8 nitrogen and oxygen atoms in total. The molecule has 0 bridgehead atoms. The van der Waals surface area contributed by atoms with Crippen LogP contribution in [0.2, 0.25) is 0 Å². The van der Waals surface area contributed by atoms with Crippen molar-refractivity contribution in [2.45, 2.75) is 219 Å². The fraction of sp³-hybridized carbons (Fsp3) is 0.860. The zero-order chi connectivity index (χ0) is 38.2. The SMILES string of the molecule is CCCCCC/C=C\C/C=C\CCCCCCCC(=O)OC(COC(=O)CCCCCCCCCCCCCCCCCCC)COP(=O)(O)OC. The third-order valence-electron chi connectivity index (χ3n) is 9.45. The predicted molar refractivity (Wildman–Crippen MR) is 216 cm³/mol. The number of phosphoric acid groups is 1. The van der Waals surface area contributed by atoms with Crippen LogP contribution >= 0.6 is 7.82 Å². The summed E-state index contributed by atoms with van der Waals surface area (Å²) in [6, 6.07) is 0. The maximum Gasteiger partial charge on any atom is 0.472 e. The van der Waals surface area contributed by atoms with Crippen molar-refractivity contribution in [1.29, 1.82) is 0 Å². The fourth-order valence-electron chi connectivity index (χ4n) is 6.10. The highest BCUT2D eigenvalue weighted by atomic mass is 31.2. The third kappa shape index (κ3) is 38.3. The van der Waals surface area contributed by atoms with E-state index in [4.69, 9.17) is 14.0 Å². The zero-order valence-corrected chi connectivity index (χ0v) is 34.9. The fourth-order valence-corrected chi connectivity index (χ4v) is 6.56. The number of unbranched alkanes of at least 4 members (excludes halogenated alkanes) is 25. The molecule has 0 fully saturated rings. The average molecular weight is 757 g/mol. The van der Waals surface area contributed by atoms with Crippen molar-refractivity contribution < 1.29 is 37.6 Å². The van der Waals surface area contributed by atoms with Crippen molar-refractivity contribution in [3.63, 3.8) is 0 Å². The number of carbonyl (C=O) groups is 2. The van der Waals surface area contributed by atoms with Crippen molar-refractivity contribution >= 4 is 19.8 Å². The molecule has 0 aromatic rings. The first kappa shape index (κ1) is 50.5. The molecule has 9 heteroatoms. The summed E-state index contributed by atoms with van der Waals surface area (Å²) in [5, 5.41) is 0. The van der Waals surface area contributed by atoms with Crippen molar-refractivity contribution in [3.8, 4) is 0 Å². The largest absolute Gasteiger partial charge is 0.472 e. The molecule has 0 aliphatic carbocycles. The minimum Gasteiger partial charge on any atom is -0.462 e. The van der Waals surface area contributed by atoms with Crippen LogP contribution in [-0.4, -0.2) is 43.3 Å². The Kier molecular flexibility index (Phi) is 38.1. The molecule has 0 spiro atoms. The molecule has 52 heavy (non-hydrogen) atoms. The highest BCUT2D eigenvalue weighted by Crippen LogP contribution is 2.42. The topological polar surface area (TPSA) is 108 Å². The van der Waals surface area contributed by atoms with Gasteiger partial charge in [0.2, 0.25) is 0 Å². The van der Waals surface area contributed by atoms with E-state index in [0.717, 1.165) is 64.9 Å². The van der Waals surface area contributed by atoms with E-state index in [1.54, 1.807) is 0 Å². The Balaban J connectivity index is 3.99. The summed E-state index contributed by atoms with van der Waals surface area (Å²) in [7, 11) is -3.20. The van der Waals surface area contributed by atoms with E-state index in [0.29, 0.717) is 12.8 Å².